The van der Waals surface area contributed by atoms with Gasteiger partial charge in [0, 0.05) is 22.4 Å². The third-order valence-electron chi connectivity index (χ3n) is 2.15. The maximum absolute atomic E-state index is 5.93. The fraction of sp³-hybridized carbons (Fsp3) is 0.500. The van der Waals surface area contributed by atoms with Crippen molar-refractivity contribution in [3.05, 3.63) is 28.8 Å². The van der Waals surface area contributed by atoms with Crippen LogP contribution in [0.3, 0.4) is 0 Å². The van der Waals surface area contributed by atoms with E-state index >= 15 is 0 Å². The summed E-state index contributed by atoms with van der Waals surface area (Å²) in [4.78, 5) is 0. The third kappa shape index (κ3) is 4.24. The van der Waals surface area contributed by atoms with Gasteiger partial charge in [0.1, 0.15) is 5.75 Å². The molecule has 0 aliphatic heterocycles. The number of benzene rings is 1. The molecule has 1 rings (SSSR count). The van der Waals surface area contributed by atoms with Gasteiger partial charge in [0.25, 0.3) is 0 Å². The van der Waals surface area contributed by atoms with Crippen LogP contribution in [0.5, 0.6) is 5.75 Å². The second-order valence-corrected chi connectivity index (χ2v) is 5.35. The highest BCUT2D eigenvalue weighted by atomic mass is 35.5. The first-order valence-electron chi connectivity index (χ1n) is 5.40. The van der Waals surface area contributed by atoms with Crippen molar-refractivity contribution in [3.8, 4) is 5.75 Å². The molecular weight excluding hydrogens is 242 g/mol. The van der Waals surface area contributed by atoms with Gasteiger partial charge in [0.15, 0.2) is 0 Å². The molecule has 0 amide bonds. The Labute approximate surface area is 107 Å². The van der Waals surface area contributed by atoms with Crippen LogP contribution in [-0.2, 0) is 0 Å². The third-order valence-corrected chi connectivity index (χ3v) is 3.25. The topological polar surface area (TPSA) is 35.2 Å². The molecule has 1 atom stereocenters. The Morgan fingerprint density at radius 2 is 2.25 bits per heavy atom. The highest BCUT2D eigenvalue weighted by molar-refractivity contribution is 7.99. The minimum absolute atomic E-state index is 0.0625. The van der Waals surface area contributed by atoms with Crippen LogP contribution in [0, 0.1) is 0 Å². The van der Waals surface area contributed by atoms with Crippen LogP contribution in [0.2, 0.25) is 5.02 Å². The van der Waals surface area contributed by atoms with E-state index in [9.17, 15) is 0 Å². The second-order valence-electron chi connectivity index (χ2n) is 3.52. The summed E-state index contributed by atoms with van der Waals surface area (Å²) in [5.41, 5.74) is 6.84. The Hall–Kier alpha value is -0.380. The predicted octanol–water partition coefficient (Wildman–Crippen LogP) is 3.49. The highest BCUT2D eigenvalue weighted by Gasteiger charge is 2.08. The molecule has 0 unspecified atom stereocenters. The van der Waals surface area contributed by atoms with E-state index in [-0.39, 0.29) is 6.04 Å². The van der Waals surface area contributed by atoms with Crippen molar-refractivity contribution in [2.75, 3.05) is 18.1 Å². The molecule has 2 N–H and O–H groups in total. The maximum atomic E-state index is 5.93. The van der Waals surface area contributed by atoms with E-state index in [4.69, 9.17) is 22.1 Å². The lowest BCUT2D eigenvalue weighted by Crippen LogP contribution is -2.09. The van der Waals surface area contributed by atoms with Gasteiger partial charge in [-0.25, -0.2) is 0 Å². The smallest absolute Gasteiger partial charge is 0.124 e. The van der Waals surface area contributed by atoms with Gasteiger partial charge in [-0.1, -0.05) is 18.5 Å². The largest absolute Gasteiger partial charge is 0.492 e. The zero-order chi connectivity index (χ0) is 12.0. The van der Waals surface area contributed by atoms with Crippen LogP contribution in [-0.4, -0.2) is 18.1 Å². The first-order chi connectivity index (χ1) is 7.65. The number of ether oxygens (including phenoxy) is 1. The minimum Gasteiger partial charge on any atom is -0.492 e. The summed E-state index contributed by atoms with van der Waals surface area (Å²) in [6.07, 6.45) is 0. The van der Waals surface area contributed by atoms with E-state index in [0.717, 1.165) is 22.8 Å². The van der Waals surface area contributed by atoms with E-state index in [0.29, 0.717) is 11.6 Å². The average Bonchev–Trinajstić information content (AvgIpc) is 2.26. The molecule has 90 valence electrons. The average molecular weight is 260 g/mol. The van der Waals surface area contributed by atoms with Crippen LogP contribution in [0.1, 0.15) is 25.5 Å². The van der Waals surface area contributed by atoms with Gasteiger partial charge < -0.3 is 10.5 Å². The molecule has 16 heavy (non-hydrogen) atoms. The number of hydrogen-bond acceptors (Lipinski definition) is 3. The van der Waals surface area contributed by atoms with Crippen LogP contribution in [0.25, 0.3) is 0 Å². The lowest BCUT2D eigenvalue weighted by Gasteiger charge is -2.14. The quantitative estimate of drug-likeness (QED) is 0.795. The van der Waals surface area contributed by atoms with Crippen molar-refractivity contribution in [1.29, 1.82) is 0 Å². The molecule has 0 radical (unpaired) electrons. The van der Waals surface area contributed by atoms with Crippen molar-refractivity contribution >= 4 is 23.4 Å². The summed E-state index contributed by atoms with van der Waals surface area (Å²) in [5, 5.41) is 0.697. The second kappa shape index (κ2) is 7.05. The fourth-order valence-electron chi connectivity index (χ4n) is 1.36. The van der Waals surface area contributed by atoms with Gasteiger partial charge >= 0.3 is 0 Å². The monoisotopic (exact) mass is 259 g/mol. The van der Waals surface area contributed by atoms with Crippen molar-refractivity contribution in [2.24, 2.45) is 5.73 Å². The zero-order valence-corrected chi connectivity index (χ0v) is 11.3. The van der Waals surface area contributed by atoms with E-state index < -0.39 is 0 Å². The standard InChI is InChI=1S/C12H18ClNOS/c1-3-16-7-6-15-12-5-4-10(13)8-11(12)9(2)14/h4-5,8-9H,3,6-7,14H2,1-2H3/t9-/m0/s1. The molecule has 0 spiro atoms. The summed E-state index contributed by atoms with van der Waals surface area (Å²) in [6.45, 7) is 4.78. The SMILES string of the molecule is CCSCCOc1ccc(Cl)cc1[C@H](C)N. The number of nitrogens with two attached hydrogens (primary N) is 1. The van der Waals surface area contributed by atoms with Crippen molar-refractivity contribution < 1.29 is 4.74 Å². The molecule has 0 aliphatic carbocycles. The Bertz CT molecular complexity index is 331. The first kappa shape index (κ1) is 13.7. The lowest BCUT2D eigenvalue weighted by atomic mass is 10.1. The number of halogens is 1. The van der Waals surface area contributed by atoms with Crippen molar-refractivity contribution in [3.63, 3.8) is 0 Å². The van der Waals surface area contributed by atoms with Crippen LogP contribution in [0.15, 0.2) is 18.2 Å². The molecule has 1 aromatic carbocycles. The summed E-state index contributed by atoms with van der Waals surface area (Å²) in [5.74, 6) is 2.96. The van der Waals surface area contributed by atoms with Crippen molar-refractivity contribution in [2.45, 2.75) is 19.9 Å². The van der Waals surface area contributed by atoms with Gasteiger partial charge in [0.05, 0.1) is 6.61 Å². The molecular formula is C12H18ClNOS. The van der Waals surface area contributed by atoms with Crippen LogP contribution >= 0.6 is 23.4 Å². The van der Waals surface area contributed by atoms with Crippen LogP contribution in [0.4, 0.5) is 0 Å². The summed E-state index contributed by atoms with van der Waals surface area (Å²) in [7, 11) is 0. The molecule has 0 saturated carbocycles. The molecule has 2 nitrogen and oxygen atoms in total. The first-order valence-corrected chi connectivity index (χ1v) is 6.94. The Morgan fingerprint density at radius 1 is 1.50 bits per heavy atom. The highest BCUT2D eigenvalue weighted by Crippen LogP contribution is 2.27. The number of thioether (sulfide) groups is 1. The molecule has 4 heteroatoms. The molecule has 1 aromatic rings. The van der Waals surface area contributed by atoms with Gasteiger partial charge in [-0.15, -0.1) is 0 Å². The number of hydrogen-bond donors (Lipinski definition) is 1. The van der Waals surface area contributed by atoms with Gasteiger partial charge in [0.2, 0.25) is 0 Å². The van der Waals surface area contributed by atoms with E-state index in [1.54, 1.807) is 0 Å². The summed E-state index contributed by atoms with van der Waals surface area (Å²) < 4.78 is 5.70. The zero-order valence-electron chi connectivity index (χ0n) is 9.70. The van der Waals surface area contributed by atoms with E-state index in [2.05, 4.69) is 6.92 Å². The summed E-state index contributed by atoms with van der Waals surface area (Å²) >= 11 is 7.79. The lowest BCUT2D eigenvalue weighted by molar-refractivity contribution is 0.338. The Kier molecular flexibility index (Phi) is 6.03. The Morgan fingerprint density at radius 3 is 2.88 bits per heavy atom. The molecule has 0 aromatic heterocycles. The predicted molar refractivity (Wildman–Crippen MR) is 72.5 cm³/mol. The maximum Gasteiger partial charge on any atom is 0.124 e. The van der Waals surface area contributed by atoms with E-state index in [1.807, 2.05) is 36.9 Å². The molecule has 0 heterocycles. The molecule has 0 saturated heterocycles. The molecule has 0 aliphatic rings. The van der Waals surface area contributed by atoms with Gasteiger partial charge in [-0.3, -0.25) is 0 Å². The minimum atomic E-state index is -0.0625. The van der Waals surface area contributed by atoms with E-state index in [1.165, 1.54) is 0 Å². The van der Waals surface area contributed by atoms with Gasteiger partial charge in [-0.05, 0) is 30.9 Å². The number of rotatable bonds is 6. The summed E-state index contributed by atoms with van der Waals surface area (Å²) in [6, 6.07) is 5.52. The normalized spacial score (nSPS) is 12.5. The molecule has 0 bridgehead atoms. The van der Waals surface area contributed by atoms with Crippen LogP contribution < -0.4 is 10.5 Å². The Balaban J connectivity index is 2.64. The fourth-order valence-corrected chi connectivity index (χ4v) is 2.03. The van der Waals surface area contributed by atoms with Gasteiger partial charge in [-0.2, -0.15) is 11.8 Å². The van der Waals surface area contributed by atoms with Crippen molar-refractivity contribution in [1.82, 2.24) is 0 Å². The molecule has 0 fully saturated rings.